The minimum absolute atomic E-state index is 0.0536. The van der Waals surface area contributed by atoms with Gasteiger partial charge in [-0.2, -0.15) is 8.78 Å². The van der Waals surface area contributed by atoms with Gasteiger partial charge in [-0.3, -0.25) is 4.79 Å². The van der Waals surface area contributed by atoms with E-state index in [2.05, 4.69) is 10.3 Å². The molecule has 0 spiro atoms. The molecule has 29 heavy (non-hydrogen) atoms. The summed E-state index contributed by atoms with van der Waals surface area (Å²) in [7, 11) is 0. The van der Waals surface area contributed by atoms with Crippen molar-refractivity contribution in [2.75, 3.05) is 6.61 Å². The highest BCUT2D eigenvalue weighted by Crippen LogP contribution is 2.38. The number of nitrogens with zero attached hydrogens (tertiary/aromatic N) is 1. The van der Waals surface area contributed by atoms with E-state index in [4.69, 9.17) is 9.47 Å². The molecule has 0 saturated heterocycles. The topological polar surface area (TPSA) is 60.5 Å². The van der Waals surface area contributed by atoms with Gasteiger partial charge in [0.05, 0.1) is 29.0 Å². The minimum atomic E-state index is -3.10. The fourth-order valence-electron chi connectivity index (χ4n) is 3.39. The zero-order valence-corrected chi connectivity index (χ0v) is 17.5. The van der Waals surface area contributed by atoms with E-state index in [1.807, 2.05) is 6.92 Å². The smallest absolute Gasteiger partial charge is 0.296 e. The molecule has 1 saturated carbocycles. The maximum absolute atomic E-state index is 14.8. The van der Waals surface area contributed by atoms with Crippen LogP contribution in [0.4, 0.5) is 13.2 Å². The van der Waals surface area contributed by atoms with Crippen molar-refractivity contribution in [2.24, 2.45) is 0 Å². The lowest BCUT2D eigenvalue weighted by Crippen LogP contribution is -2.36. The third-order valence-corrected chi connectivity index (χ3v) is 6.02. The summed E-state index contributed by atoms with van der Waals surface area (Å²) in [6.07, 6.45) is 2.88. The van der Waals surface area contributed by atoms with Crippen molar-refractivity contribution in [1.29, 1.82) is 0 Å². The Morgan fingerprint density at radius 2 is 1.97 bits per heavy atom. The van der Waals surface area contributed by atoms with Crippen LogP contribution in [0.25, 0.3) is 10.2 Å². The lowest BCUT2D eigenvalue weighted by molar-refractivity contribution is -0.120. The van der Waals surface area contributed by atoms with Gasteiger partial charge in [-0.05, 0) is 44.7 Å². The fourth-order valence-corrected chi connectivity index (χ4v) is 4.31. The molecule has 9 heteroatoms. The predicted molar refractivity (Wildman–Crippen MR) is 105 cm³/mol. The van der Waals surface area contributed by atoms with E-state index in [0.29, 0.717) is 30.8 Å². The molecular weight excluding hydrogens is 405 g/mol. The molecule has 160 valence electrons. The van der Waals surface area contributed by atoms with Crippen LogP contribution in [-0.4, -0.2) is 35.7 Å². The van der Waals surface area contributed by atoms with E-state index < -0.39 is 16.7 Å². The van der Waals surface area contributed by atoms with Crippen LogP contribution in [0.1, 0.15) is 51.5 Å². The number of fused-ring (bicyclic) bond motifs is 1. The maximum atomic E-state index is 14.8. The quantitative estimate of drug-likeness (QED) is 0.687. The van der Waals surface area contributed by atoms with Crippen molar-refractivity contribution < 1.29 is 27.4 Å². The Kier molecular flexibility index (Phi) is 6.68. The predicted octanol–water partition coefficient (Wildman–Crippen LogP) is 4.78. The van der Waals surface area contributed by atoms with Crippen LogP contribution in [0.15, 0.2) is 12.1 Å². The van der Waals surface area contributed by atoms with Gasteiger partial charge >= 0.3 is 0 Å². The molecule has 1 heterocycles. The molecule has 0 aliphatic heterocycles. The molecule has 0 radical (unpaired) electrons. The second-order valence-corrected chi connectivity index (χ2v) is 8.58. The summed E-state index contributed by atoms with van der Waals surface area (Å²) in [5.41, 5.74) is 0.210. The summed E-state index contributed by atoms with van der Waals surface area (Å²) < 4.78 is 53.4. The molecule has 1 atom stereocenters. The Morgan fingerprint density at radius 3 is 2.59 bits per heavy atom. The van der Waals surface area contributed by atoms with E-state index in [0.717, 1.165) is 19.8 Å². The van der Waals surface area contributed by atoms with E-state index in [-0.39, 0.29) is 40.1 Å². The monoisotopic (exact) mass is 430 g/mol. The Bertz CT molecular complexity index is 861. The summed E-state index contributed by atoms with van der Waals surface area (Å²) in [5.74, 6) is -3.77. The average Bonchev–Trinajstić information content (AvgIpc) is 3.08. The molecule has 1 fully saturated rings. The van der Waals surface area contributed by atoms with Gasteiger partial charge in [0.1, 0.15) is 0 Å². The number of aromatic nitrogens is 1. The summed E-state index contributed by atoms with van der Waals surface area (Å²) in [5, 5.41) is 2.37. The average molecular weight is 430 g/mol. The molecule has 5 nitrogen and oxygen atoms in total. The Labute approximate surface area is 171 Å². The number of carbonyl (C=O) groups is 1. The molecule has 1 N–H and O–H groups in total. The van der Waals surface area contributed by atoms with Crippen molar-refractivity contribution in [3.05, 3.63) is 23.0 Å². The van der Waals surface area contributed by atoms with Gasteiger partial charge in [0.15, 0.2) is 16.6 Å². The number of carbonyl (C=O) groups excluding carboxylic acids is 1. The second kappa shape index (κ2) is 8.87. The molecule has 1 aromatic carbocycles. The maximum Gasteiger partial charge on any atom is 0.296 e. The van der Waals surface area contributed by atoms with Crippen molar-refractivity contribution in [1.82, 2.24) is 10.3 Å². The van der Waals surface area contributed by atoms with E-state index in [1.165, 1.54) is 19.1 Å². The Balaban J connectivity index is 1.56. The highest BCUT2D eigenvalue weighted by Gasteiger charge is 2.30. The van der Waals surface area contributed by atoms with Crippen molar-refractivity contribution in [2.45, 2.75) is 70.6 Å². The van der Waals surface area contributed by atoms with E-state index in [1.54, 1.807) is 0 Å². The number of nitrogens with one attached hydrogen (secondary N) is 1. The van der Waals surface area contributed by atoms with Gasteiger partial charge in [-0.1, -0.05) is 0 Å². The van der Waals surface area contributed by atoms with Crippen LogP contribution >= 0.6 is 11.3 Å². The molecule has 0 bridgehead atoms. The normalized spacial score (nSPS) is 21.2. The largest absolute Gasteiger partial charge is 0.487 e. The number of hydrogen-bond donors (Lipinski definition) is 1. The second-order valence-electron chi connectivity index (χ2n) is 7.58. The summed E-state index contributed by atoms with van der Waals surface area (Å²) in [4.78, 5) is 14.9. The zero-order valence-electron chi connectivity index (χ0n) is 16.6. The third kappa shape index (κ3) is 5.60. The molecule has 1 amide bonds. The van der Waals surface area contributed by atoms with Gasteiger partial charge in [-0.25, -0.2) is 9.37 Å². The van der Waals surface area contributed by atoms with Crippen LogP contribution in [0, 0.1) is 5.82 Å². The number of ether oxygens (including phenoxy) is 2. The number of benzene rings is 1. The summed E-state index contributed by atoms with van der Waals surface area (Å²) in [6.45, 7) is 4.54. The molecule has 0 unspecified atom stereocenters. The summed E-state index contributed by atoms with van der Waals surface area (Å²) in [6, 6.07) is 2.91. The molecular formula is C20H25F3N2O3S. The zero-order chi connectivity index (χ0) is 21.2. The first-order valence-corrected chi connectivity index (χ1v) is 10.5. The van der Waals surface area contributed by atoms with Crippen LogP contribution in [0.2, 0.25) is 0 Å². The SMILES string of the molecule is CC(=O)N[C@@H](C)COC1CCC(Oc2ccc3nc(C(C)(F)F)sc3c2F)CC1. The van der Waals surface area contributed by atoms with Gasteiger partial charge in [0, 0.05) is 19.9 Å². The van der Waals surface area contributed by atoms with Gasteiger partial charge in [0.25, 0.3) is 5.92 Å². The number of alkyl halides is 2. The van der Waals surface area contributed by atoms with Crippen molar-refractivity contribution >= 4 is 27.5 Å². The first kappa shape index (κ1) is 21.8. The van der Waals surface area contributed by atoms with Crippen LogP contribution in [0.3, 0.4) is 0 Å². The Hall–Kier alpha value is -1.87. The number of amides is 1. The standard InChI is InChI=1S/C20H25F3N2O3S/c1-11(24-12(2)26)10-27-13-4-6-14(7-5-13)28-16-9-8-15-18(17(16)21)29-19(25-15)20(3,22)23/h8-9,11,13-14H,4-7,10H2,1-3H3,(H,24,26)/t11-,13?,14?/m0/s1. The van der Waals surface area contributed by atoms with Gasteiger partial charge < -0.3 is 14.8 Å². The number of halogens is 3. The lowest BCUT2D eigenvalue weighted by atomic mass is 9.95. The lowest BCUT2D eigenvalue weighted by Gasteiger charge is -2.30. The fraction of sp³-hybridized carbons (Fsp3) is 0.600. The first-order valence-electron chi connectivity index (χ1n) is 9.66. The van der Waals surface area contributed by atoms with Gasteiger partial charge in [-0.15, -0.1) is 11.3 Å². The van der Waals surface area contributed by atoms with E-state index in [9.17, 15) is 18.0 Å². The van der Waals surface area contributed by atoms with Crippen molar-refractivity contribution in [3.8, 4) is 5.75 Å². The number of thiazole rings is 1. The molecule has 1 aliphatic rings. The van der Waals surface area contributed by atoms with Crippen LogP contribution in [0.5, 0.6) is 5.75 Å². The third-order valence-electron chi connectivity index (χ3n) is 4.78. The number of rotatable bonds is 7. The first-order chi connectivity index (χ1) is 13.6. The van der Waals surface area contributed by atoms with Gasteiger partial charge in [0.2, 0.25) is 5.91 Å². The molecule has 1 aliphatic carbocycles. The van der Waals surface area contributed by atoms with Crippen LogP contribution < -0.4 is 10.1 Å². The molecule has 3 rings (SSSR count). The van der Waals surface area contributed by atoms with E-state index >= 15 is 0 Å². The summed E-state index contributed by atoms with van der Waals surface area (Å²) >= 11 is 0.655. The van der Waals surface area contributed by atoms with Crippen molar-refractivity contribution in [3.63, 3.8) is 0 Å². The molecule has 2 aromatic rings. The Morgan fingerprint density at radius 1 is 1.31 bits per heavy atom. The highest BCUT2D eigenvalue weighted by atomic mass is 32.1. The number of hydrogen-bond acceptors (Lipinski definition) is 5. The highest BCUT2D eigenvalue weighted by molar-refractivity contribution is 7.18. The molecule has 1 aromatic heterocycles. The van der Waals surface area contributed by atoms with Crippen LogP contribution in [-0.2, 0) is 15.5 Å². The minimum Gasteiger partial charge on any atom is -0.487 e.